The number of pyridine rings is 1. The number of esters is 1. The third-order valence-electron chi connectivity index (χ3n) is 2.66. The van der Waals surface area contributed by atoms with E-state index < -0.39 is 11.8 Å². The highest BCUT2D eigenvalue weighted by molar-refractivity contribution is 5.94. The van der Waals surface area contributed by atoms with Gasteiger partial charge in [-0.25, -0.2) is 9.18 Å². The predicted molar refractivity (Wildman–Crippen MR) is 73.3 cm³/mol. The van der Waals surface area contributed by atoms with Gasteiger partial charge in [-0.1, -0.05) is 12.1 Å². The first kappa shape index (κ1) is 14.6. The Balaban J connectivity index is 1.76. The van der Waals surface area contributed by atoms with Crippen molar-refractivity contribution < 1.29 is 18.7 Å². The molecule has 1 aromatic heterocycles. The Bertz CT molecular complexity index is 632. The maximum Gasteiger partial charge on any atom is 0.341 e. The number of benzene rings is 1. The molecule has 0 saturated carbocycles. The summed E-state index contributed by atoms with van der Waals surface area (Å²) in [5.41, 5.74) is 0.336. The van der Waals surface area contributed by atoms with Gasteiger partial charge in [-0.15, -0.1) is 0 Å². The number of hydrogen-bond donors (Lipinski definition) is 1. The third kappa shape index (κ3) is 4.10. The molecule has 0 aliphatic carbocycles. The quantitative estimate of drug-likeness (QED) is 0.673. The van der Waals surface area contributed by atoms with Gasteiger partial charge in [0.25, 0.3) is 5.91 Å². The second-order valence-corrected chi connectivity index (χ2v) is 4.11. The summed E-state index contributed by atoms with van der Waals surface area (Å²) >= 11 is 0. The fourth-order valence-corrected chi connectivity index (χ4v) is 1.62. The van der Waals surface area contributed by atoms with Gasteiger partial charge in [-0.2, -0.15) is 0 Å². The van der Waals surface area contributed by atoms with Crippen LogP contribution in [0.3, 0.4) is 0 Å². The van der Waals surface area contributed by atoms with Gasteiger partial charge in [-0.3, -0.25) is 9.78 Å². The highest BCUT2D eigenvalue weighted by Gasteiger charge is 2.12. The molecule has 21 heavy (non-hydrogen) atoms. The van der Waals surface area contributed by atoms with Crippen LogP contribution in [0, 0.1) is 5.82 Å². The molecular weight excluding hydrogens is 275 g/mol. The zero-order valence-electron chi connectivity index (χ0n) is 11.1. The van der Waals surface area contributed by atoms with E-state index in [1.54, 1.807) is 18.2 Å². The number of carbonyl (C=O) groups is 2. The smallest absolute Gasteiger partial charge is 0.341 e. The average Bonchev–Trinajstić information content (AvgIpc) is 2.52. The highest BCUT2D eigenvalue weighted by atomic mass is 19.1. The van der Waals surface area contributed by atoms with Crippen molar-refractivity contribution in [1.82, 2.24) is 10.3 Å². The zero-order valence-corrected chi connectivity index (χ0v) is 11.1. The van der Waals surface area contributed by atoms with E-state index >= 15 is 0 Å². The molecule has 2 rings (SSSR count). The lowest BCUT2D eigenvalue weighted by Gasteiger charge is -2.07. The van der Waals surface area contributed by atoms with E-state index in [4.69, 9.17) is 4.74 Å². The van der Waals surface area contributed by atoms with Crippen molar-refractivity contribution in [3.8, 4) is 0 Å². The number of halogens is 1. The lowest BCUT2D eigenvalue weighted by molar-refractivity contribution is 0.0498. The van der Waals surface area contributed by atoms with Gasteiger partial charge < -0.3 is 10.1 Å². The Morgan fingerprint density at radius 2 is 1.86 bits per heavy atom. The van der Waals surface area contributed by atoms with E-state index in [1.807, 2.05) is 0 Å². The van der Waals surface area contributed by atoms with E-state index in [0.717, 1.165) is 0 Å². The molecule has 0 aliphatic rings. The lowest BCUT2D eigenvalue weighted by atomic mass is 10.2. The van der Waals surface area contributed by atoms with Crippen molar-refractivity contribution >= 4 is 11.9 Å². The van der Waals surface area contributed by atoms with Crippen molar-refractivity contribution in [3.05, 3.63) is 65.7 Å². The average molecular weight is 288 g/mol. The number of amides is 1. The van der Waals surface area contributed by atoms with E-state index in [1.165, 1.54) is 30.6 Å². The number of nitrogens with zero attached hydrogens (tertiary/aromatic N) is 1. The van der Waals surface area contributed by atoms with Gasteiger partial charge in [0.1, 0.15) is 12.4 Å². The number of aromatic nitrogens is 1. The number of carbonyl (C=O) groups excluding carboxylic acids is 2. The van der Waals surface area contributed by atoms with Crippen LogP contribution >= 0.6 is 0 Å². The molecule has 0 bridgehead atoms. The molecule has 0 unspecified atom stereocenters. The van der Waals surface area contributed by atoms with Crippen molar-refractivity contribution in [3.63, 3.8) is 0 Å². The van der Waals surface area contributed by atoms with Crippen LogP contribution in [0.2, 0.25) is 0 Å². The van der Waals surface area contributed by atoms with Crippen LogP contribution in [0.5, 0.6) is 0 Å². The molecule has 0 fully saturated rings. The SMILES string of the molecule is O=C(NCCOC(=O)c1ccccc1F)c1ccncc1. The second kappa shape index (κ2) is 7.14. The van der Waals surface area contributed by atoms with Crippen molar-refractivity contribution in [2.75, 3.05) is 13.2 Å². The minimum atomic E-state index is -0.758. The molecule has 0 saturated heterocycles. The van der Waals surface area contributed by atoms with Crippen molar-refractivity contribution in [1.29, 1.82) is 0 Å². The number of ether oxygens (including phenoxy) is 1. The van der Waals surface area contributed by atoms with Crippen LogP contribution in [0.15, 0.2) is 48.8 Å². The van der Waals surface area contributed by atoms with E-state index in [9.17, 15) is 14.0 Å². The molecule has 2 aromatic rings. The Labute approximate surface area is 120 Å². The molecular formula is C15H13FN2O3. The standard InChI is InChI=1S/C15H13FN2O3/c16-13-4-2-1-3-12(13)15(20)21-10-9-18-14(19)11-5-7-17-8-6-11/h1-8H,9-10H2,(H,18,19). The van der Waals surface area contributed by atoms with Crippen LogP contribution in [0.4, 0.5) is 4.39 Å². The van der Waals surface area contributed by atoms with Gasteiger partial charge in [0.15, 0.2) is 0 Å². The highest BCUT2D eigenvalue weighted by Crippen LogP contribution is 2.07. The van der Waals surface area contributed by atoms with Gasteiger partial charge in [0, 0.05) is 18.0 Å². The maximum atomic E-state index is 13.3. The summed E-state index contributed by atoms with van der Waals surface area (Å²) in [6.45, 7) is 0.103. The third-order valence-corrected chi connectivity index (χ3v) is 2.66. The molecule has 1 heterocycles. The number of nitrogens with one attached hydrogen (secondary N) is 1. The number of hydrogen-bond acceptors (Lipinski definition) is 4. The molecule has 6 heteroatoms. The molecule has 0 radical (unpaired) electrons. The lowest BCUT2D eigenvalue weighted by Crippen LogP contribution is -2.28. The van der Waals surface area contributed by atoms with Crippen molar-refractivity contribution in [2.45, 2.75) is 0 Å². The summed E-state index contributed by atoms with van der Waals surface area (Å²) in [4.78, 5) is 27.1. The van der Waals surface area contributed by atoms with E-state index in [2.05, 4.69) is 10.3 Å². The first-order valence-corrected chi connectivity index (χ1v) is 6.28. The van der Waals surface area contributed by atoms with Crippen LogP contribution < -0.4 is 5.32 Å². The minimum Gasteiger partial charge on any atom is -0.460 e. The molecule has 0 spiro atoms. The molecule has 1 amide bonds. The van der Waals surface area contributed by atoms with Crippen LogP contribution in [0.1, 0.15) is 20.7 Å². The molecule has 108 valence electrons. The largest absolute Gasteiger partial charge is 0.460 e. The summed E-state index contributed by atoms with van der Waals surface area (Å²) in [5, 5.41) is 2.58. The Kier molecular flexibility index (Phi) is 4.98. The molecule has 0 aliphatic heterocycles. The Morgan fingerprint density at radius 1 is 1.14 bits per heavy atom. The van der Waals surface area contributed by atoms with Gasteiger partial charge in [-0.05, 0) is 24.3 Å². The first-order chi connectivity index (χ1) is 10.2. The summed E-state index contributed by atoms with van der Waals surface area (Å²) in [5.74, 6) is -1.69. The maximum absolute atomic E-state index is 13.3. The van der Waals surface area contributed by atoms with Crippen molar-refractivity contribution in [2.24, 2.45) is 0 Å². The first-order valence-electron chi connectivity index (χ1n) is 6.28. The normalized spacial score (nSPS) is 9.95. The van der Waals surface area contributed by atoms with Gasteiger partial charge in [0.2, 0.25) is 0 Å². The van der Waals surface area contributed by atoms with Crippen LogP contribution in [0.25, 0.3) is 0 Å². The Hall–Kier alpha value is -2.76. The van der Waals surface area contributed by atoms with Gasteiger partial charge in [0.05, 0.1) is 12.1 Å². The monoisotopic (exact) mass is 288 g/mol. The second-order valence-electron chi connectivity index (χ2n) is 4.11. The summed E-state index contributed by atoms with van der Waals surface area (Å²) in [7, 11) is 0. The van der Waals surface area contributed by atoms with Crippen LogP contribution in [-0.4, -0.2) is 30.0 Å². The predicted octanol–water partition coefficient (Wildman–Crippen LogP) is 1.81. The van der Waals surface area contributed by atoms with E-state index in [0.29, 0.717) is 5.56 Å². The van der Waals surface area contributed by atoms with Crippen LogP contribution in [-0.2, 0) is 4.74 Å². The molecule has 1 aromatic carbocycles. The topological polar surface area (TPSA) is 68.3 Å². The van der Waals surface area contributed by atoms with E-state index in [-0.39, 0.29) is 24.6 Å². The summed E-state index contributed by atoms with van der Waals surface area (Å²) in [6, 6.07) is 8.70. The fourth-order valence-electron chi connectivity index (χ4n) is 1.62. The number of rotatable bonds is 5. The van der Waals surface area contributed by atoms with Gasteiger partial charge >= 0.3 is 5.97 Å². The minimum absolute atomic E-state index is 0.0377. The summed E-state index contributed by atoms with van der Waals surface area (Å²) < 4.78 is 18.2. The Morgan fingerprint density at radius 3 is 2.57 bits per heavy atom. The molecule has 0 atom stereocenters. The molecule has 1 N–H and O–H groups in total. The zero-order chi connectivity index (χ0) is 15.1. The fraction of sp³-hybridized carbons (Fsp3) is 0.133. The summed E-state index contributed by atoms with van der Waals surface area (Å²) in [6.07, 6.45) is 3.01. The molecule has 5 nitrogen and oxygen atoms in total.